The summed E-state index contributed by atoms with van der Waals surface area (Å²) >= 11 is 0. The third kappa shape index (κ3) is 4.78. The second-order valence-corrected chi connectivity index (χ2v) is 7.42. The van der Waals surface area contributed by atoms with E-state index in [4.69, 9.17) is 4.74 Å². The molecule has 0 radical (unpaired) electrons. The third-order valence-electron chi connectivity index (χ3n) is 3.74. The van der Waals surface area contributed by atoms with Gasteiger partial charge in [0, 0.05) is 19.7 Å². The number of rotatable bonds is 6. The Hall–Kier alpha value is -0.950. The Morgan fingerprint density at radius 2 is 2.00 bits per heavy atom. The van der Waals surface area contributed by atoms with E-state index in [0.29, 0.717) is 11.0 Å². The van der Waals surface area contributed by atoms with Gasteiger partial charge in [0.25, 0.3) is 0 Å². The molecule has 0 aromatic heterocycles. The minimum Gasteiger partial charge on any atom is -0.377 e. The Morgan fingerprint density at radius 3 is 2.57 bits per heavy atom. The molecule has 0 unspecified atom stereocenters. The van der Waals surface area contributed by atoms with E-state index in [-0.39, 0.29) is 0 Å². The average molecular weight is 312 g/mol. The van der Waals surface area contributed by atoms with Crippen molar-refractivity contribution in [1.82, 2.24) is 9.62 Å². The molecule has 1 aliphatic rings. The summed E-state index contributed by atoms with van der Waals surface area (Å²) in [4.78, 5) is 2.52. The third-order valence-corrected chi connectivity index (χ3v) is 5.17. The molecule has 2 rings (SSSR count). The molecule has 0 bridgehead atoms. The summed E-state index contributed by atoms with van der Waals surface area (Å²) in [5, 5.41) is 0. The van der Waals surface area contributed by atoms with Crippen LogP contribution in [0.2, 0.25) is 0 Å². The largest absolute Gasteiger partial charge is 0.377 e. The molecule has 0 spiro atoms. The van der Waals surface area contributed by atoms with E-state index in [0.717, 1.165) is 31.7 Å². The van der Waals surface area contributed by atoms with Crippen LogP contribution < -0.4 is 4.72 Å². The molecule has 1 aromatic carbocycles. The molecular formula is C15H24N2O3S. The summed E-state index contributed by atoms with van der Waals surface area (Å²) in [6.45, 7) is 2.57. The minimum absolute atomic E-state index is 0.298. The minimum atomic E-state index is -3.35. The Kier molecular flexibility index (Phi) is 5.75. The summed E-state index contributed by atoms with van der Waals surface area (Å²) in [6.07, 6.45) is 3.87. The van der Waals surface area contributed by atoms with Crippen molar-refractivity contribution in [3.05, 3.63) is 29.8 Å². The highest BCUT2D eigenvalue weighted by Gasteiger charge is 2.16. The number of benzene rings is 1. The lowest BCUT2D eigenvalue weighted by atomic mass is 10.1. The van der Waals surface area contributed by atoms with Gasteiger partial charge < -0.3 is 4.74 Å². The summed E-state index contributed by atoms with van der Waals surface area (Å²) < 4.78 is 31.4. The molecule has 1 atom stereocenters. The van der Waals surface area contributed by atoms with Gasteiger partial charge in [-0.3, -0.25) is 4.90 Å². The van der Waals surface area contributed by atoms with E-state index in [1.54, 1.807) is 12.1 Å². The van der Waals surface area contributed by atoms with Crippen LogP contribution in [0.4, 0.5) is 0 Å². The molecule has 21 heavy (non-hydrogen) atoms. The van der Waals surface area contributed by atoms with Crippen molar-refractivity contribution < 1.29 is 13.2 Å². The second-order valence-electron chi connectivity index (χ2n) is 5.54. The van der Waals surface area contributed by atoms with Crippen LogP contribution in [0.5, 0.6) is 0 Å². The first-order chi connectivity index (χ1) is 10.0. The zero-order valence-corrected chi connectivity index (χ0v) is 13.5. The first-order valence-electron chi connectivity index (χ1n) is 7.34. The lowest BCUT2D eigenvalue weighted by Crippen LogP contribution is -2.33. The van der Waals surface area contributed by atoms with Gasteiger partial charge in [0.15, 0.2) is 0 Å². The number of likely N-dealkylation sites (N-methyl/N-ethyl adjacent to an activating group) is 1. The van der Waals surface area contributed by atoms with Gasteiger partial charge in [-0.2, -0.15) is 0 Å². The molecular weight excluding hydrogens is 288 g/mol. The predicted octanol–water partition coefficient (Wildman–Crippen LogP) is 1.60. The fourth-order valence-corrected chi connectivity index (χ4v) is 3.30. The molecule has 1 heterocycles. The van der Waals surface area contributed by atoms with Crippen LogP contribution >= 0.6 is 0 Å². The highest BCUT2D eigenvalue weighted by Crippen LogP contribution is 2.15. The van der Waals surface area contributed by atoms with Crippen molar-refractivity contribution in [2.45, 2.75) is 36.8 Å². The van der Waals surface area contributed by atoms with E-state index in [1.165, 1.54) is 19.9 Å². The molecule has 0 saturated carbocycles. The quantitative estimate of drug-likeness (QED) is 0.867. The lowest BCUT2D eigenvalue weighted by Gasteiger charge is -2.27. The summed E-state index contributed by atoms with van der Waals surface area (Å²) in [6, 6.07) is 7.02. The number of sulfonamides is 1. The van der Waals surface area contributed by atoms with Crippen molar-refractivity contribution in [2.75, 3.05) is 27.2 Å². The average Bonchev–Trinajstić information content (AvgIpc) is 2.48. The van der Waals surface area contributed by atoms with E-state index >= 15 is 0 Å². The number of nitrogens with one attached hydrogen (secondary N) is 1. The number of hydrogen-bond donors (Lipinski definition) is 1. The topological polar surface area (TPSA) is 58.6 Å². The Labute approximate surface area is 127 Å². The van der Waals surface area contributed by atoms with Crippen molar-refractivity contribution in [2.24, 2.45) is 0 Å². The molecule has 0 amide bonds. The van der Waals surface area contributed by atoms with Crippen LogP contribution in [-0.4, -0.2) is 46.7 Å². The maximum absolute atomic E-state index is 11.7. The molecule has 6 heteroatoms. The van der Waals surface area contributed by atoms with E-state index in [9.17, 15) is 8.42 Å². The summed E-state index contributed by atoms with van der Waals surface area (Å²) in [5.74, 6) is 0. The Bertz CT molecular complexity index is 537. The zero-order chi connectivity index (χ0) is 15.3. The SMILES string of the molecule is CNS(=O)(=O)c1ccc(CN(C)C[C@@H]2CCCCO2)cc1. The van der Waals surface area contributed by atoms with Gasteiger partial charge in [-0.15, -0.1) is 0 Å². The molecule has 1 aliphatic heterocycles. The van der Waals surface area contributed by atoms with Crippen molar-refractivity contribution in [3.8, 4) is 0 Å². The van der Waals surface area contributed by atoms with Crippen LogP contribution in [0.3, 0.4) is 0 Å². The molecule has 1 fully saturated rings. The van der Waals surface area contributed by atoms with Gasteiger partial charge in [-0.05, 0) is 51.1 Å². The predicted molar refractivity (Wildman–Crippen MR) is 82.6 cm³/mol. The summed E-state index contributed by atoms with van der Waals surface area (Å²) in [7, 11) is 0.134. The Morgan fingerprint density at radius 1 is 1.29 bits per heavy atom. The van der Waals surface area contributed by atoms with Crippen molar-refractivity contribution in [1.29, 1.82) is 0 Å². The molecule has 0 aliphatic carbocycles. The van der Waals surface area contributed by atoms with E-state index in [1.807, 2.05) is 12.1 Å². The van der Waals surface area contributed by atoms with Crippen LogP contribution in [0.1, 0.15) is 24.8 Å². The van der Waals surface area contributed by atoms with Crippen LogP contribution in [0, 0.1) is 0 Å². The number of hydrogen-bond acceptors (Lipinski definition) is 4. The molecule has 1 N–H and O–H groups in total. The maximum atomic E-state index is 11.7. The van der Waals surface area contributed by atoms with Gasteiger partial charge >= 0.3 is 0 Å². The van der Waals surface area contributed by atoms with Gasteiger partial charge in [0.1, 0.15) is 0 Å². The van der Waals surface area contributed by atoms with Crippen LogP contribution in [0.25, 0.3) is 0 Å². The monoisotopic (exact) mass is 312 g/mol. The summed E-state index contributed by atoms with van der Waals surface area (Å²) in [5.41, 5.74) is 1.10. The zero-order valence-electron chi connectivity index (χ0n) is 12.7. The fraction of sp³-hybridized carbons (Fsp3) is 0.600. The van der Waals surface area contributed by atoms with Crippen molar-refractivity contribution in [3.63, 3.8) is 0 Å². The normalized spacial score (nSPS) is 19.9. The fourth-order valence-electron chi connectivity index (χ4n) is 2.57. The van der Waals surface area contributed by atoms with E-state index < -0.39 is 10.0 Å². The van der Waals surface area contributed by atoms with Crippen LogP contribution in [-0.2, 0) is 21.3 Å². The smallest absolute Gasteiger partial charge is 0.240 e. The van der Waals surface area contributed by atoms with E-state index in [2.05, 4.69) is 16.7 Å². The molecule has 1 aromatic rings. The first-order valence-corrected chi connectivity index (χ1v) is 8.82. The van der Waals surface area contributed by atoms with Crippen molar-refractivity contribution >= 4 is 10.0 Å². The van der Waals surface area contributed by atoms with Gasteiger partial charge in [-0.1, -0.05) is 12.1 Å². The lowest BCUT2D eigenvalue weighted by molar-refractivity contribution is -0.00259. The highest BCUT2D eigenvalue weighted by atomic mass is 32.2. The maximum Gasteiger partial charge on any atom is 0.240 e. The molecule has 5 nitrogen and oxygen atoms in total. The van der Waals surface area contributed by atoms with Gasteiger partial charge in [0.05, 0.1) is 11.0 Å². The van der Waals surface area contributed by atoms with Crippen LogP contribution in [0.15, 0.2) is 29.2 Å². The molecule has 1 saturated heterocycles. The number of nitrogens with zero attached hydrogens (tertiary/aromatic N) is 1. The van der Waals surface area contributed by atoms with Gasteiger partial charge in [-0.25, -0.2) is 13.1 Å². The molecule has 118 valence electrons. The number of ether oxygens (including phenoxy) is 1. The Balaban J connectivity index is 1.90. The second kappa shape index (κ2) is 7.35. The first kappa shape index (κ1) is 16.4. The van der Waals surface area contributed by atoms with Gasteiger partial charge in [0.2, 0.25) is 10.0 Å². The highest BCUT2D eigenvalue weighted by molar-refractivity contribution is 7.89. The standard InChI is InChI=1S/C15H24N2O3S/c1-16-21(18,19)15-8-6-13(7-9-15)11-17(2)12-14-5-3-4-10-20-14/h6-9,14,16H,3-5,10-12H2,1-2H3/t14-/m0/s1.